The second-order valence-electron chi connectivity index (χ2n) is 5.81. The predicted molar refractivity (Wildman–Crippen MR) is 74.9 cm³/mol. The molecule has 1 heterocycles. The highest BCUT2D eigenvalue weighted by Crippen LogP contribution is 2.35. The number of benzene rings is 1. The van der Waals surface area contributed by atoms with Gasteiger partial charge in [-0.25, -0.2) is 18.0 Å². The molecule has 4 nitrogen and oxygen atoms in total. The summed E-state index contributed by atoms with van der Waals surface area (Å²) >= 11 is 0. The molecule has 1 saturated heterocycles. The third-order valence-corrected chi connectivity index (χ3v) is 4.27. The van der Waals surface area contributed by atoms with E-state index in [2.05, 4.69) is 16.0 Å². The summed E-state index contributed by atoms with van der Waals surface area (Å²) in [5, 5.41) is 8.66. The maximum Gasteiger partial charge on any atom is 0.315 e. The molecule has 3 rings (SSSR count). The van der Waals surface area contributed by atoms with Gasteiger partial charge in [0.15, 0.2) is 17.5 Å². The number of amides is 2. The number of aryl methyl sites for hydroxylation is 1. The van der Waals surface area contributed by atoms with Gasteiger partial charge in [-0.15, -0.1) is 0 Å². The Hall–Kier alpha value is -1.76. The molecule has 2 amide bonds. The molecule has 1 aliphatic carbocycles. The van der Waals surface area contributed by atoms with Crippen LogP contribution in [-0.2, 0) is 6.42 Å². The molecule has 120 valence electrons. The number of piperidine rings is 1. The minimum atomic E-state index is -1.48. The van der Waals surface area contributed by atoms with Crippen LogP contribution in [0.25, 0.3) is 0 Å². The smallest absolute Gasteiger partial charge is 0.315 e. The molecular weight excluding hydrogens is 295 g/mol. The van der Waals surface area contributed by atoms with Gasteiger partial charge in [0.25, 0.3) is 0 Å². The molecule has 0 radical (unpaired) electrons. The molecule has 1 aromatic rings. The number of halogens is 3. The number of carbonyl (C=O) groups excluding carboxylic acids is 1. The van der Waals surface area contributed by atoms with E-state index in [4.69, 9.17) is 0 Å². The van der Waals surface area contributed by atoms with Crippen LogP contribution in [-0.4, -0.2) is 25.2 Å². The second kappa shape index (κ2) is 6.16. The molecule has 7 heteroatoms. The zero-order chi connectivity index (χ0) is 15.7. The van der Waals surface area contributed by atoms with Crippen LogP contribution < -0.4 is 16.0 Å². The van der Waals surface area contributed by atoms with Crippen LogP contribution in [0.15, 0.2) is 6.07 Å². The molecule has 1 unspecified atom stereocenters. The number of carbonyl (C=O) groups is 1. The lowest BCUT2D eigenvalue weighted by Crippen LogP contribution is -2.49. The predicted octanol–water partition coefficient (Wildman–Crippen LogP) is 2.14. The molecule has 22 heavy (non-hydrogen) atoms. The first-order chi connectivity index (χ1) is 10.6. The van der Waals surface area contributed by atoms with Crippen molar-refractivity contribution in [3.8, 4) is 0 Å². The molecule has 0 aromatic heterocycles. The summed E-state index contributed by atoms with van der Waals surface area (Å²) in [6.45, 7) is 1.63. The average Bonchev–Trinajstić information content (AvgIpc) is 2.88. The first-order valence-corrected chi connectivity index (χ1v) is 7.50. The molecule has 1 fully saturated rings. The summed E-state index contributed by atoms with van der Waals surface area (Å²) in [6, 6.07) is 0.0139. The lowest BCUT2D eigenvalue weighted by Gasteiger charge is -2.25. The molecule has 0 spiro atoms. The summed E-state index contributed by atoms with van der Waals surface area (Å²) in [7, 11) is 0. The lowest BCUT2D eigenvalue weighted by molar-refractivity contribution is 0.229. The first kappa shape index (κ1) is 15.1. The Balaban J connectivity index is 1.68. The van der Waals surface area contributed by atoms with Crippen molar-refractivity contribution in [1.29, 1.82) is 0 Å². The van der Waals surface area contributed by atoms with E-state index >= 15 is 0 Å². The lowest BCUT2D eigenvalue weighted by atomic mass is 10.1. The van der Waals surface area contributed by atoms with Crippen LogP contribution in [0.4, 0.5) is 18.0 Å². The van der Waals surface area contributed by atoms with Crippen molar-refractivity contribution in [2.75, 3.05) is 13.1 Å². The maximum absolute atomic E-state index is 13.9. The maximum atomic E-state index is 13.9. The van der Waals surface area contributed by atoms with Crippen molar-refractivity contribution in [2.24, 2.45) is 0 Å². The Morgan fingerprint density at radius 2 is 2.00 bits per heavy atom. The number of urea groups is 1. The molecule has 3 N–H and O–H groups in total. The van der Waals surface area contributed by atoms with Gasteiger partial charge >= 0.3 is 6.03 Å². The number of fused-ring (bicyclic) bond motifs is 1. The summed E-state index contributed by atoms with van der Waals surface area (Å²) in [4.78, 5) is 12.0. The SMILES string of the molecule is O=C(NC1CCc2cc(F)c(F)c(F)c21)N[C@@H]1CCCNC1. The Kier molecular flexibility index (Phi) is 4.24. The van der Waals surface area contributed by atoms with Gasteiger partial charge in [0.1, 0.15) is 0 Å². The quantitative estimate of drug-likeness (QED) is 0.733. The Morgan fingerprint density at radius 3 is 2.73 bits per heavy atom. The van der Waals surface area contributed by atoms with Gasteiger partial charge in [-0.3, -0.25) is 0 Å². The van der Waals surface area contributed by atoms with Crippen molar-refractivity contribution in [1.82, 2.24) is 16.0 Å². The van der Waals surface area contributed by atoms with E-state index in [1.807, 2.05) is 0 Å². The van der Waals surface area contributed by atoms with E-state index in [0.29, 0.717) is 24.9 Å². The van der Waals surface area contributed by atoms with Gasteiger partial charge in [-0.05, 0) is 43.9 Å². The minimum absolute atomic E-state index is 0.0319. The van der Waals surface area contributed by atoms with Crippen LogP contribution in [0.5, 0.6) is 0 Å². The first-order valence-electron chi connectivity index (χ1n) is 7.50. The van der Waals surface area contributed by atoms with Gasteiger partial charge in [-0.2, -0.15) is 0 Å². The highest BCUT2D eigenvalue weighted by Gasteiger charge is 2.31. The monoisotopic (exact) mass is 313 g/mol. The minimum Gasteiger partial charge on any atom is -0.334 e. The van der Waals surface area contributed by atoms with Crippen molar-refractivity contribution < 1.29 is 18.0 Å². The standard InChI is InChI=1S/C15H18F3N3O/c16-10-6-8-3-4-11(12(8)14(18)13(10)17)21-15(22)20-9-2-1-5-19-7-9/h6,9,11,19H,1-5,7H2,(H2,20,21,22)/t9-,11?/m1/s1. The van der Waals surface area contributed by atoms with Gasteiger partial charge < -0.3 is 16.0 Å². The van der Waals surface area contributed by atoms with Gasteiger partial charge in [-0.1, -0.05) is 0 Å². The van der Waals surface area contributed by atoms with E-state index in [1.54, 1.807) is 0 Å². The molecule has 1 aliphatic heterocycles. The molecular formula is C15H18F3N3O. The van der Waals surface area contributed by atoms with Crippen LogP contribution in [0.1, 0.15) is 36.4 Å². The van der Waals surface area contributed by atoms with Crippen molar-refractivity contribution in [3.63, 3.8) is 0 Å². The third kappa shape index (κ3) is 2.90. The Bertz CT molecular complexity index is 588. The summed E-state index contributed by atoms with van der Waals surface area (Å²) in [5.74, 6) is -3.86. The van der Waals surface area contributed by atoms with Crippen molar-refractivity contribution >= 4 is 6.03 Å². The van der Waals surface area contributed by atoms with Crippen molar-refractivity contribution in [2.45, 2.75) is 37.8 Å². The normalized spacial score (nSPS) is 24.0. The van der Waals surface area contributed by atoms with Crippen LogP contribution in [0.2, 0.25) is 0 Å². The van der Waals surface area contributed by atoms with E-state index < -0.39 is 29.5 Å². The second-order valence-corrected chi connectivity index (χ2v) is 5.81. The number of hydrogen-bond donors (Lipinski definition) is 3. The number of hydrogen-bond acceptors (Lipinski definition) is 2. The highest BCUT2D eigenvalue weighted by molar-refractivity contribution is 5.75. The molecule has 0 bridgehead atoms. The summed E-state index contributed by atoms with van der Waals surface area (Å²) in [6.07, 6.45) is 2.72. The summed E-state index contributed by atoms with van der Waals surface area (Å²) < 4.78 is 40.5. The molecule has 2 atom stereocenters. The Labute approximate surface area is 126 Å². The average molecular weight is 313 g/mol. The van der Waals surface area contributed by atoms with Gasteiger partial charge in [0.05, 0.1) is 6.04 Å². The fourth-order valence-corrected chi connectivity index (χ4v) is 3.19. The fourth-order valence-electron chi connectivity index (χ4n) is 3.19. The largest absolute Gasteiger partial charge is 0.334 e. The number of rotatable bonds is 2. The van der Waals surface area contributed by atoms with Gasteiger partial charge in [0, 0.05) is 18.2 Å². The fraction of sp³-hybridized carbons (Fsp3) is 0.533. The van der Waals surface area contributed by atoms with Crippen LogP contribution in [0.3, 0.4) is 0 Å². The van der Waals surface area contributed by atoms with E-state index in [0.717, 1.165) is 25.5 Å². The third-order valence-electron chi connectivity index (χ3n) is 4.27. The molecule has 0 saturated carbocycles. The van der Waals surface area contributed by atoms with E-state index in [9.17, 15) is 18.0 Å². The van der Waals surface area contributed by atoms with Crippen LogP contribution >= 0.6 is 0 Å². The highest BCUT2D eigenvalue weighted by atomic mass is 19.2. The van der Waals surface area contributed by atoms with Crippen LogP contribution in [0, 0.1) is 17.5 Å². The summed E-state index contributed by atoms with van der Waals surface area (Å²) in [5.41, 5.74) is 0.483. The Morgan fingerprint density at radius 1 is 1.18 bits per heavy atom. The zero-order valence-electron chi connectivity index (χ0n) is 12.0. The zero-order valence-corrected chi connectivity index (χ0v) is 12.0. The molecule has 1 aromatic carbocycles. The van der Waals surface area contributed by atoms with E-state index in [1.165, 1.54) is 0 Å². The van der Waals surface area contributed by atoms with E-state index in [-0.39, 0.29) is 11.6 Å². The number of nitrogens with one attached hydrogen (secondary N) is 3. The van der Waals surface area contributed by atoms with Gasteiger partial charge in [0.2, 0.25) is 0 Å². The molecule has 2 aliphatic rings. The topological polar surface area (TPSA) is 53.2 Å². The van der Waals surface area contributed by atoms with Crippen molar-refractivity contribution in [3.05, 3.63) is 34.6 Å².